The van der Waals surface area contributed by atoms with Crippen LogP contribution < -0.4 is 5.32 Å². The number of hydrogen-bond acceptors (Lipinski definition) is 8. The third-order valence-corrected chi connectivity index (χ3v) is 7.64. The Hall–Kier alpha value is -3.12. The minimum Gasteiger partial charge on any atom is -0.464 e. The number of unbranched alkanes of at least 4 members (excludes halogenated alkanes) is 1. The number of carbonyl (C=O) groups is 2. The number of hydrogen-bond donors (Lipinski definition) is 1. The van der Waals surface area contributed by atoms with E-state index in [1.165, 1.54) is 18.4 Å². The zero-order valence-electron chi connectivity index (χ0n) is 21.1. The van der Waals surface area contributed by atoms with Gasteiger partial charge in [0.05, 0.1) is 22.5 Å². The molecule has 0 unspecified atom stereocenters. The smallest absolute Gasteiger partial charge is 0.433 e. The Morgan fingerprint density at radius 2 is 1.89 bits per heavy atom. The number of fused-ring (bicyclic) bond motifs is 1. The van der Waals surface area contributed by atoms with Gasteiger partial charge in [-0.05, 0) is 56.2 Å². The maximum absolute atomic E-state index is 13.0. The molecule has 1 aliphatic rings. The predicted octanol–water partition coefficient (Wildman–Crippen LogP) is 6.23. The number of halogens is 3. The monoisotopic (exact) mass is 550 g/mol. The molecule has 0 aliphatic heterocycles. The number of ether oxygens (including phenoxy) is 2. The molecule has 12 heteroatoms. The van der Waals surface area contributed by atoms with Crippen LogP contribution >= 0.6 is 11.3 Å². The zero-order chi connectivity index (χ0) is 27.3. The van der Waals surface area contributed by atoms with Gasteiger partial charge in [-0.25, -0.2) is 19.7 Å². The van der Waals surface area contributed by atoms with Crippen molar-refractivity contribution in [2.75, 3.05) is 25.6 Å². The van der Waals surface area contributed by atoms with Crippen LogP contribution in [-0.2, 0) is 15.7 Å². The van der Waals surface area contributed by atoms with Crippen molar-refractivity contribution in [2.45, 2.75) is 57.5 Å². The molecule has 1 fully saturated rings. The fraction of sp³-hybridized carbons (Fsp3) is 0.500. The van der Waals surface area contributed by atoms with Crippen molar-refractivity contribution in [3.05, 3.63) is 46.4 Å². The minimum absolute atomic E-state index is 0.0108. The van der Waals surface area contributed by atoms with Crippen LogP contribution in [0.2, 0.25) is 0 Å². The van der Waals surface area contributed by atoms with Gasteiger partial charge in [-0.2, -0.15) is 13.2 Å². The van der Waals surface area contributed by atoms with Gasteiger partial charge in [0, 0.05) is 19.1 Å². The second kappa shape index (κ2) is 12.2. The summed E-state index contributed by atoms with van der Waals surface area (Å²) >= 11 is 1.43. The molecule has 1 amide bonds. The van der Waals surface area contributed by atoms with Crippen molar-refractivity contribution in [1.82, 2.24) is 15.0 Å². The predicted molar refractivity (Wildman–Crippen MR) is 136 cm³/mol. The summed E-state index contributed by atoms with van der Waals surface area (Å²) in [6.07, 6.45) is 1.50. The first-order valence-electron chi connectivity index (χ1n) is 12.5. The van der Waals surface area contributed by atoms with Gasteiger partial charge in [-0.1, -0.05) is 19.4 Å². The fourth-order valence-electron chi connectivity index (χ4n) is 4.38. The van der Waals surface area contributed by atoms with Gasteiger partial charge < -0.3 is 14.8 Å². The summed E-state index contributed by atoms with van der Waals surface area (Å²) < 4.78 is 50.3. The van der Waals surface area contributed by atoms with Gasteiger partial charge in [0.25, 0.3) is 5.91 Å². The largest absolute Gasteiger partial charge is 0.464 e. The lowest BCUT2D eigenvalue weighted by Crippen LogP contribution is -2.19. The number of thiazole rings is 1. The standard InChI is InChI=1S/C26H29F3N4O4S/c1-3-4-12-37-14-15-8-10-16(11-9-15)24-33-22-19(38-24)13-18(21(32-22)25(35)36-2)31-23(34)17-6-5-7-20(30-17)26(27,28)29/h5-7,13,15-16H,3-4,8-12,14H2,1-2H3,(H,31,34)/t15-,16-. The fourth-order valence-corrected chi connectivity index (χ4v) is 5.50. The van der Waals surface area contributed by atoms with Crippen molar-refractivity contribution in [2.24, 2.45) is 5.92 Å². The van der Waals surface area contributed by atoms with Crippen molar-refractivity contribution >= 4 is 39.2 Å². The lowest BCUT2D eigenvalue weighted by atomic mass is 9.83. The molecule has 8 nitrogen and oxygen atoms in total. The summed E-state index contributed by atoms with van der Waals surface area (Å²) in [4.78, 5) is 37.6. The van der Waals surface area contributed by atoms with Gasteiger partial charge in [0.15, 0.2) is 11.3 Å². The van der Waals surface area contributed by atoms with E-state index in [1.54, 1.807) is 6.07 Å². The maximum atomic E-state index is 13.0. The average Bonchev–Trinajstić information content (AvgIpc) is 3.33. The minimum atomic E-state index is -4.70. The van der Waals surface area contributed by atoms with Crippen LogP contribution in [-0.4, -0.2) is 47.2 Å². The molecule has 0 spiro atoms. The average molecular weight is 551 g/mol. The number of methoxy groups -OCH3 is 1. The topological polar surface area (TPSA) is 103 Å². The molecule has 0 saturated heterocycles. The Labute approximate surface area is 222 Å². The molecule has 1 N–H and O–H groups in total. The highest BCUT2D eigenvalue weighted by Gasteiger charge is 2.33. The molecule has 1 saturated carbocycles. The summed E-state index contributed by atoms with van der Waals surface area (Å²) in [7, 11) is 1.17. The number of nitrogens with one attached hydrogen (secondary N) is 1. The van der Waals surface area contributed by atoms with Crippen LogP contribution in [0.3, 0.4) is 0 Å². The number of pyridine rings is 2. The summed E-state index contributed by atoms with van der Waals surface area (Å²) in [5.41, 5.74) is -1.47. The number of rotatable bonds is 9. The SMILES string of the molecule is CCCCOC[C@H]1CC[C@H](c2nc3nc(C(=O)OC)c(NC(=O)c4cccc(C(F)(F)F)n4)cc3s2)CC1. The second-order valence-electron chi connectivity index (χ2n) is 9.26. The summed E-state index contributed by atoms with van der Waals surface area (Å²) in [5, 5.41) is 3.37. The highest BCUT2D eigenvalue weighted by atomic mass is 32.1. The van der Waals surface area contributed by atoms with Crippen LogP contribution in [0.1, 0.15) is 83.0 Å². The van der Waals surface area contributed by atoms with Crippen LogP contribution in [0.4, 0.5) is 18.9 Å². The normalized spacial score (nSPS) is 17.9. The number of nitrogens with zero attached hydrogens (tertiary/aromatic N) is 3. The van der Waals surface area contributed by atoms with E-state index in [0.717, 1.165) is 74.9 Å². The van der Waals surface area contributed by atoms with Gasteiger partial charge in [-0.3, -0.25) is 4.79 Å². The van der Waals surface area contributed by atoms with Crippen molar-refractivity contribution in [3.8, 4) is 0 Å². The molecule has 204 valence electrons. The second-order valence-corrected chi connectivity index (χ2v) is 10.3. The highest BCUT2D eigenvalue weighted by Crippen LogP contribution is 2.39. The number of alkyl halides is 3. The molecule has 3 heterocycles. The quantitative estimate of drug-likeness (QED) is 0.249. The molecule has 0 aromatic carbocycles. The molecular weight excluding hydrogens is 521 g/mol. The maximum Gasteiger partial charge on any atom is 0.433 e. The van der Waals surface area contributed by atoms with E-state index < -0.39 is 29.4 Å². The van der Waals surface area contributed by atoms with Crippen molar-refractivity contribution < 1.29 is 32.2 Å². The van der Waals surface area contributed by atoms with E-state index >= 15 is 0 Å². The first-order chi connectivity index (χ1) is 18.2. The Kier molecular flexibility index (Phi) is 8.93. The molecular formula is C26H29F3N4O4S. The summed E-state index contributed by atoms with van der Waals surface area (Å²) in [5.74, 6) is -0.924. The molecule has 4 rings (SSSR count). The number of amides is 1. The third kappa shape index (κ3) is 6.65. The molecule has 38 heavy (non-hydrogen) atoms. The van der Waals surface area contributed by atoms with E-state index in [2.05, 4.69) is 27.2 Å². The molecule has 0 radical (unpaired) electrons. The number of esters is 1. The highest BCUT2D eigenvalue weighted by molar-refractivity contribution is 7.18. The summed E-state index contributed by atoms with van der Waals surface area (Å²) in [6, 6.07) is 4.57. The van der Waals surface area contributed by atoms with E-state index in [1.807, 2.05) is 0 Å². The van der Waals surface area contributed by atoms with Gasteiger partial charge >= 0.3 is 12.1 Å². The molecule has 3 aromatic heterocycles. The molecule has 3 aromatic rings. The van der Waals surface area contributed by atoms with Crippen molar-refractivity contribution in [3.63, 3.8) is 0 Å². The number of aromatic nitrogens is 3. The first-order valence-corrected chi connectivity index (χ1v) is 13.3. The number of carbonyl (C=O) groups excluding carboxylic acids is 2. The van der Waals surface area contributed by atoms with Crippen LogP contribution in [0, 0.1) is 5.92 Å². The van der Waals surface area contributed by atoms with Crippen molar-refractivity contribution in [1.29, 1.82) is 0 Å². The van der Waals surface area contributed by atoms with Crippen LogP contribution in [0.15, 0.2) is 24.3 Å². The van der Waals surface area contributed by atoms with Crippen LogP contribution in [0.5, 0.6) is 0 Å². The Bertz CT molecular complexity index is 1290. The first kappa shape index (κ1) is 27.9. The lowest BCUT2D eigenvalue weighted by Gasteiger charge is -2.27. The summed E-state index contributed by atoms with van der Waals surface area (Å²) in [6.45, 7) is 3.71. The third-order valence-electron chi connectivity index (χ3n) is 6.49. The van der Waals surface area contributed by atoms with E-state index in [0.29, 0.717) is 16.3 Å². The Balaban J connectivity index is 1.52. The molecule has 0 bridgehead atoms. The number of anilines is 1. The molecule has 1 aliphatic carbocycles. The zero-order valence-corrected chi connectivity index (χ0v) is 22.0. The van der Waals surface area contributed by atoms with Gasteiger partial charge in [-0.15, -0.1) is 11.3 Å². The van der Waals surface area contributed by atoms with Crippen LogP contribution in [0.25, 0.3) is 10.3 Å². The van der Waals surface area contributed by atoms with E-state index in [4.69, 9.17) is 9.47 Å². The Morgan fingerprint density at radius 3 is 2.58 bits per heavy atom. The Morgan fingerprint density at radius 1 is 1.13 bits per heavy atom. The molecule has 0 atom stereocenters. The van der Waals surface area contributed by atoms with Gasteiger partial charge in [0.2, 0.25) is 0 Å². The van der Waals surface area contributed by atoms with E-state index in [9.17, 15) is 22.8 Å². The van der Waals surface area contributed by atoms with E-state index in [-0.39, 0.29) is 17.3 Å². The lowest BCUT2D eigenvalue weighted by molar-refractivity contribution is -0.141. The van der Waals surface area contributed by atoms with Gasteiger partial charge in [0.1, 0.15) is 11.4 Å².